The van der Waals surface area contributed by atoms with Gasteiger partial charge < -0.3 is 4.74 Å². The first-order chi connectivity index (χ1) is 11.3. The van der Waals surface area contributed by atoms with Gasteiger partial charge in [-0.05, 0) is 31.2 Å². The van der Waals surface area contributed by atoms with E-state index in [1.54, 1.807) is 25.1 Å². The van der Waals surface area contributed by atoms with Gasteiger partial charge in [-0.2, -0.15) is 13.2 Å². The van der Waals surface area contributed by atoms with Gasteiger partial charge in [-0.1, -0.05) is 12.1 Å². The first-order valence-corrected chi connectivity index (χ1v) is 7.16. The van der Waals surface area contributed by atoms with Gasteiger partial charge in [0.25, 0.3) is 5.56 Å². The molecule has 0 radical (unpaired) electrons. The highest BCUT2D eigenvalue weighted by Crippen LogP contribution is 2.33. The Hall–Kier alpha value is -2.83. The van der Waals surface area contributed by atoms with Crippen molar-refractivity contribution in [1.29, 1.82) is 0 Å². The van der Waals surface area contributed by atoms with Crippen LogP contribution < -0.4 is 5.56 Å². The number of hydrogen-bond donors (Lipinski definition) is 0. The van der Waals surface area contributed by atoms with Crippen LogP contribution in [0.15, 0.2) is 47.4 Å². The zero-order chi connectivity index (χ0) is 17.5. The minimum atomic E-state index is -4.58. The number of halogens is 3. The Bertz CT molecular complexity index is 1010. The van der Waals surface area contributed by atoms with Gasteiger partial charge >= 0.3 is 12.1 Å². The largest absolute Gasteiger partial charge is 0.462 e. The van der Waals surface area contributed by atoms with Crippen molar-refractivity contribution in [2.45, 2.75) is 13.1 Å². The summed E-state index contributed by atoms with van der Waals surface area (Å²) < 4.78 is 45.1. The fourth-order valence-electron chi connectivity index (χ4n) is 2.63. The molecule has 0 fully saturated rings. The lowest BCUT2D eigenvalue weighted by molar-refractivity contribution is -0.137. The van der Waals surface area contributed by atoms with Crippen LogP contribution in [0.25, 0.3) is 16.3 Å². The van der Waals surface area contributed by atoms with Gasteiger partial charge in [-0.15, -0.1) is 0 Å². The van der Waals surface area contributed by atoms with Crippen molar-refractivity contribution in [3.63, 3.8) is 0 Å². The Kier molecular flexibility index (Phi) is 3.79. The van der Waals surface area contributed by atoms with E-state index in [1.165, 1.54) is 16.7 Å². The molecule has 4 nitrogen and oxygen atoms in total. The van der Waals surface area contributed by atoms with Crippen molar-refractivity contribution < 1.29 is 22.7 Å². The fourth-order valence-corrected chi connectivity index (χ4v) is 2.63. The van der Waals surface area contributed by atoms with E-state index in [0.717, 1.165) is 12.1 Å². The fraction of sp³-hybridized carbons (Fsp3) is 0.176. The highest BCUT2D eigenvalue weighted by molar-refractivity contribution is 6.09. The minimum absolute atomic E-state index is 0.0101. The second-order valence-electron chi connectivity index (χ2n) is 5.11. The summed E-state index contributed by atoms with van der Waals surface area (Å²) in [7, 11) is 0. The summed E-state index contributed by atoms with van der Waals surface area (Å²) in [5.74, 6) is -0.940. The van der Waals surface area contributed by atoms with E-state index in [1.807, 2.05) is 0 Å². The van der Waals surface area contributed by atoms with Crippen LogP contribution in [0.1, 0.15) is 22.8 Å². The van der Waals surface area contributed by atoms with Gasteiger partial charge in [-0.25, -0.2) is 4.79 Å². The van der Waals surface area contributed by atoms with Crippen molar-refractivity contribution in [1.82, 2.24) is 4.40 Å². The molecule has 0 unspecified atom stereocenters. The van der Waals surface area contributed by atoms with Crippen LogP contribution in [0.3, 0.4) is 0 Å². The molecule has 0 saturated carbocycles. The van der Waals surface area contributed by atoms with Crippen LogP contribution in [0, 0.1) is 0 Å². The van der Waals surface area contributed by atoms with E-state index in [0.29, 0.717) is 10.9 Å². The molecular formula is C17H12F3NO3. The van der Waals surface area contributed by atoms with E-state index in [9.17, 15) is 22.8 Å². The maximum absolute atomic E-state index is 13.0. The second kappa shape index (κ2) is 5.67. The molecule has 2 aromatic heterocycles. The molecule has 0 spiro atoms. The summed E-state index contributed by atoms with van der Waals surface area (Å²) in [5, 5.41) is 0.297. The second-order valence-corrected chi connectivity index (χ2v) is 5.11. The maximum Gasteiger partial charge on any atom is 0.416 e. The number of alkyl halides is 3. The molecule has 0 aliphatic heterocycles. The normalized spacial score (nSPS) is 11.8. The number of aromatic nitrogens is 1. The Morgan fingerprint density at radius 1 is 1.17 bits per heavy atom. The van der Waals surface area contributed by atoms with Crippen LogP contribution in [0.2, 0.25) is 0 Å². The standard InChI is InChI=1S/C17H12F3NO3/c1-2-24-16(23)14-12-9-10(17(18,19)20)6-7-11(12)13-5-3-4-8-21(13)15(14)22/h3-9H,2H2,1H3. The zero-order valence-electron chi connectivity index (χ0n) is 12.6. The van der Waals surface area contributed by atoms with Crippen LogP contribution in [0.5, 0.6) is 0 Å². The van der Waals surface area contributed by atoms with Crippen molar-refractivity contribution >= 4 is 22.3 Å². The number of fused-ring (bicyclic) bond motifs is 3. The summed E-state index contributed by atoms with van der Waals surface area (Å²) in [6.07, 6.45) is -3.13. The van der Waals surface area contributed by atoms with E-state index >= 15 is 0 Å². The molecule has 3 rings (SSSR count). The number of carbonyl (C=O) groups excluding carboxylic acids is 1. The molecular weight excluding hydrogens is 323 g/mol. The van der Waals surface area contributed by atoms with Gasteiger partial charge in [-0.3, -0.25) is 9.20 Å². The van der Waals surface area contributed by atoms with E-state index in [-0.39, 0.29) is 12.0 Å². The molecule has 124 valence electrons. The van der Waals surface area contributed by atoms with Crippen molar-refractivity contribution in [3.8, 4) is 0 Å². The SMILES string of the molecule is CCOC(=O)c1c(=O)n2ccccc2c2ccc(C(F)(F)F)cc12. The molecule has 24 heavy (non-hydrogen) atoms. The molecule has 0 amide bonds. The Balaban J connectivity index is 2.49. The Morgan fingerprint density at radius 3 is 2.58 bits per heavy atom. The number of rotatable bonds is 2. The first-order valence-electron chi connectivity index (χ1n) is 7.16. The average Bonchev–Trinajstić information content (AvgIpc) is 2.54. The summed E-state index contributed by atoms with van der Waals surface area (Å²) in [6, 6.07) is 7.86. The lowest BCUT2D eigenvalue weighted by Gasteiger charge is -2.13. The summed E-state index contributed by atoms with van der Waals surface area (Å²) >= 11 is 0. The van der Waals surface area contributed by atoms with Crippen LogP contribution in [0.4, 0.5) is 13.2 Å². The highest BCUT2D eigenvalue weighted by Gasteiger charge is 2.31. The number of pyridine rings is 2. The molecule has 1 aromatic carbocycles. The number of benzene rings is 1. The van der Waals surface area contributed by atoms with Crippen molar-refractivity contribution in [3.05, 3.63) is 64.1 Å². The van der Waals surface area contributed by atoms with Crippen LogP contribution in [-0.4, -0.2) is 17.0 Å². The van der Waals surface area contributed by atoms with Gasteiger partial charge in [0.1, 0.15) is 5.56 Å². The van der Waals surface area contributed by atoms with Crippen LogP contribution in [-0.2, 0) is 10.9 Å². The summed E-state index contributed by atoms with van der Waals surface area (Å²) in [6.45, 7) is 1.57. The highest BCUT2D eigenvalue weighted by atomic mass is 19.4. The van der Waals surface area contributed by atoms with Crippen LogP contribution >= 0.6 is 0 Å². The molecule has 0 aliphatic rings. The molecule has 7 heteroatoms. The molecule has 0 saturated heterocycles. The van der Waals surface area contributed by atoms with Crippen molar-refractivity contribution in [2.24, 2.45) is 0 Å². The monoisotopic (exact) mass is 335 g/mol. The molecule has 3 aromatic rings. The number of nitrogens with zero attached hydrogens (tertiary/aromatic N) is 1. The van der Waals surface area contributed by atoms with Gasteiger partial charge in [0.2, 0.25) is 0 Å². The molecule has 0 bridgehead atoms. The Labute approximate surface area is 134 Å². The van der Waals surface area contributed by atoms with Gasteiger partial charge in [0.15, 0.2) is 0 Å². The lowest BCUT2D eigenvalue weighted by atomic mass is 10.0. The summed E-state index contributed by atoms with van der Waals surface area (Å²) in [5.41, 5.74) is -1.63. The third kappa shape index (κ3) is 2.51. The minimum Gasteiger partial charge on any atom is -0.462 e. The van der Waals surface area contributed by atoms with Crippen molar-refractivity contribution in [2.75, 3.05) is 6.61 Å². The summed E-state index contributed by atoms with van der Waals surface area (Å²) in [4.78, 5) is 24.8. The predicted octanol–water partition coefficient (Wildman–Crippen LogP) is 3.65. The van der Waals surface area contributed by atoms with E-state index < -0.39 is 28.8 Å². The van der Waals surface area contributed by atoms with E-state index in [2.05, 4.69) is 0 Å². The lowest BCUT2D eigenvalue weighted by Crippen LogP contribution is -2.24. The molecule has 0 aliphatic carbocycles. The van der Waals surface area contributed by atoms with Gasteiger partial charge in [0.05, 0.1) is 17.7 Å². The predicted molar refractivity (Wildman–Crippen MR) is 82.1 cm³/mol. The maximum atomic E-state index is 13.0. The smallest absolute Gasteiger partial charge is 0.416 e. The third-order valence-corrected chi connectivity index (χ3v) is 3.66. The molecule has 0 N–H and O–H groups in total. The topological polar surface area (TPSA) is 47.8 Å². The number of esters is 1. The number of carbonyl (C=O) groups is 1. The van der Waals surface area contributed by atoms with E-state index in [4.69, 9.17) is 4.74 Å². The first kappa shape index (κ1) is 16.0. The zero-order valence-corrected chi connectivity index (χ0v) is 12.6. The number of hydrogen-bond acceptors (Lipinski definition) is 3. The number of ether oxygens (including phenoxy) is 1. The Morgan fingerprint density at radius 2 is 1.92 bits per heavy atom. The quantitative estimate of drug-likeness (QED) is 0.530. The van der Waals surface area contributed by atoms with Gasteiger partial charge in [0, 0.05) is 17.0 Å². The molecule has 0 atom stereocenters. The average molecular weight is 335 g/mol. The molecule has 2 heterocycles. The third-order valence-electron chi connectivity index (χ3n) is 3.66.